The fraction of sp³-hybridized carbons (Fsp3) is 0.364. The number of aldehydes is 1. The van der Waals surface area contributed by atoms with Gasteiger partial charge in [0.25, 0.3) is 12.0 Å². The number of nitro groups is 1. The van der Waals surface area contributed by atoms with Crippen LogP contribution >= 0.6 is 0 Å². The molecular formula is C11H11NO6. The van der Waals surface area contributed by atoms with Crippen LogP contribution in [0.2, 0.25) is 0 Å². The maximum absolute atomic E-state index is 10.8. The van der Waals surface area contributed by atoms with E-state index in [1.165, 1.54) is 19.2 Å². The van der Waals surface area contributed by atoms with Crippen molar-refractivity contribution in [2.45, 2.75) is 19.3 Å². The number of carbonyl (C=O) groups excluding carboxylic acids is 1. The molecule has 0 spiro atoms. The van der Waals surface area contributed by atoms with E-state index in [1.54, 1.807) is 6.92 Å². The van der Waals surface area contributed by atoms with Gasteiger partial charge in [0.05, 0.1) is 16.6 Å². The Bertz CT molecular complexity index is 501. The molecule has 1 heterocycles. The molecule has 1 aliphatic heterocycles. The van der Waals surface area contributed by atoms with Crippen molar-refractivity contribution in [3.63, 3.8) is 0 Å². The van der Waals surface area contributed by atoms with Gasteiger partial charge in [-0.25, -0.2) is 0 Å². The summed E-state index contributed by atoms with van der Waals surface area (Å²) < 4.78 is 15.8. The van der Waals surface area contributed by atoms with Crippen molar-refractivity contribution < 1.29 is 23.9 Å². The standard InChI is InChI=1S/C11H11NO6/c1-6(16-2)11-17-9-3-7(5-13)8(12(14)15)4-10(9)18-11/h3-6,11H,1-2H3. The van der Waals surface area contributed by atoms with E-state index in [0.29, 0.717) is 12.0 Å². The van der Waals surface area contributed by atoms with Gasteiger partial charge < -0.3 is 14.2 Å². The minimum absolute atomic E-state index is 0.0481. The number of rotatable bonds is 4. The molecule has 1 aliphatic rings. The Balaban J connectivity index is 2.36. The molecular weight excluding hydrogens is 242 g/mol. The number of benzene rings is 1. The zero-order valence-electron chi connectivity index (χ0n) is 9.78. The summed E-state index contributed by atoms with van der Waals surface area (Å²) in [7, 11) is 1.50. The van der Waals surface area contributed by atoms with Gasteiger partial charge in [0.15, 0.2) is 17.8 Å². The highest BCUT2D eigenvalue weighted by atomic mass is 16.7. The van der Waals surface area contributed by atoms with E-state index in [2.05, 4.69) is 0 Å². The highest BCUT2D eigenvalue weighted by Gasteiger charge is 2.32. The molecule has 96 valence electrons. The van der Waals surface area contributed by atoms with E-state index < -0.39 is 11.2 Å². The van der Waals surface area contributed by atoms with Gasteiger partial charge in [-0.15, -0.1) is 0 Å². The number of hydrogen-bond acceptors (Lipinski definition) is 6. The van der Waals surface area contributed by atoms with E-state index in [1.807, 2.05) is 0 Å². The van der Waals surface area contributed by atoms with Gasteiger partial charge in [-0.3, -0.25) is 14.9 Å². The highest BCUT2D eigenvalue weighted by molar-refractivity contribution is 5.83. The highest BCUT2D eigenvalue weighted by Crippen LogP contribution is 2.40. The minimum atomic E-state index is -0.675. The van der Waals surface area contributed by atoms with Gasteiger partial charge in [0, 0.05) is 13.2 Å². The Morgan fingerprint density at radius 1 is 1.44 bits per heavy atom. The maximum atomic E-state index is 10.8. The molecule has 2 atom stereocenters. The second kappa shape index (κ2) is 4.61. The Kier molecular flexibility index (Phi) is 3.15. The molecule has 0 radical (unpaired) electrons. The first-order valence-corrected chi connectivity index (χ1v) is 5.20. The number of nitrogens with zero attached hydrogens (tertiary/aromatic N) is 1. The van der Waals surface area contributed by atoms with Crippen LogP contribution in [0.25, 0.3) is 0 Å². The summed E-state index contributed by atoms with van der Waals surface area (Å²) in [5.41, 5.74) is -0.355. The molecule has 0 saturated heterocycles. The van der Waals surface area contributed by atoms with Gasteiger partial charge in [0.1, 0.15) is 6.10 Å². The number of ether oxygens (including phenoxy) is 3. The second-order valence-electron chi connectivity index (χ2n) is 3.78. The fourth-order valence-electron chi connectivity index (χ4n) is 1.58. The summed E-state index contributed by atoms with van der Waals surface area (Å²) >= 11 is 0. The van der Waals surface area contributed by atoms with E-state index in [4.69, 9.17) is 14.2 Å². The van der Waals surface area contributed by atoms with Crippen LogP contribution in [-0.4, -0.2) is 30.7 Å². The third-order valence-corrected chi connectivity index (χ3v) is 2.66. The summed E-state index contributed by atoms with van der Waals surface area (Å²) in [5, 5.41) is 10.8. The quantitative estimate of drug-likeness (QED) is 0.459. The van der Waals surface area contributed by atoms with Crippen molar-refractivity contribution in [3.8, 4) is 11.5 Å². The summed E-state index contributed by atoms with van der Waals surface area (Å²) in [5.74, 6) is 0.540. The lowest BCUT2D eigenvalue weighted by Gasteiger charge is -2.16. The Morgan fingerprint density at radius 2 is 2.06 bits per heavy atom. The van der Waals surface area contributed by atoms with Crippen LogP contribution in [0.3, 0.4) is 0 Å². The molecule has 0 bridgehead atoms. The van der Waals surface area contributed by atoms with Crippen molar-refractivity contribution in [3.05, 3.63) is 27.8 Å². The predicted octanol–water partition coefficient (Wildman–Crippen LogP) is 1.54. The Labute approximate surface area is 102 Å². The zero-order valence-corrected chi connectivity index (χ0v) is 9.78. The molecule has 0 saturated carbocycles. The van der Waals surface area contributed by atoms with Crippen LogP contribution in [0, 0.1) is 10.1 Å². The normalized spacial score (nSPS) is 18.4. The smallest absolute Gasteiger partial charge is 0.283 e. The molecule has 18 heavy (non-hydrogen) atoms. The lowest BCUT2D eigenvalue weighted by Crippen LogP contribution is -2.32. The van der Waals surface area contributed by atoms with Gasteiger partial charge in [-0.05, 0) is 6.92 Å². The van der Waals surface area contributed by atoms with E-state index in [0.717, 1.165) is 0 Å². The average Bonchev–Trinajstić information content (AvgIpc) is 2.78. The van der Waals surface area contributed by atoms with Crippen molar-refractivity contribution in [1.29, 1.82) is 0 Å². The molecule has 0 amide bonds. The maximum Gasteiger partial charge on any atom is 0.283 e. The van der Waals surface area contributed by atoms with Crippen LogP contribution in [-0.2, 0) is 4.74 Å². The number of carbonyl (C=O) groups is 1. The summed E-state index contributed by atoms with van der Waals surface area (Å²) in [6, 6.07) is 2.48. The lowest BCUT2D eigenvalue weighted by atomic mass is 10.2. The first-order valence-electron chi connectivity index (χ1n) is 5.20. The topological polar surface area (TPSA) is 87.9 Å². The molecule has 1 aromatic rings. The molecule has 2 unspecified atom stereocenters. The van der Waals surface area contributed by atoms with Crippen LogP contribution in [0.4, 0.5) is 5.69 Å². The molecule has 0 aromatic heterocycles. The predicted molar refractivity (Wildman–Crippen MR) is 60.0 cm³/mol. The molecule has 7 nitrogen and oxygen atoms in total. The largest absolute Gasteiger partial charge is 0.448 e. The summed E-state index contributed by atoms with van der Waals surface area (Å²) in [6.45, 7) is 1.74. The van der Waals surface area contributed by atoms with Gasteiger partial charge >= 0.3 is 0 Å². The second-order valence-corrected chi connectivity index (χ2v) is 3.78. The summed E-state index contributed by atoms with van der Waals surface area (Å²) in [4.78, 5) is 20.9. The van der Waals surface area contributed by atoms with Crippen LogP contribution in [0.5, 0.6) is 11.5 Å². The van der Waals surface area contributed by atoms with E-state index in [9.17, 15) is 14.9 Å². The molecule has 0 fully saturated rings. The lowest BCUT2D eigenvalue weighted by molar-refractivity contribution is -0.385. The zero-order chi connectivity index (χ0) is 13.3. The van der Waals surface area contributed by atoms with Crippen LogP contribution < -0.4 is 9.47 Å². The molecule has 1 aromatic carbocycles. The van der Waals surface area contributed by atoms with E-state index in [-0.39, 0.29) is 23.1 Å². The average molecular weight is 253 g/mol. The first-order chi connectivity index (χ1) is 8.56. The third-order valence-electron chi connectivity index (χ3n) is 2.66. The molecule has 0 N–H and O–H groups in total. The van der Waals surface area contributed by atoms with Gasteiger partial charge in [0.2, 0.25) is 0 Å². The van der Waals surface area contributed by atoms with Crippen molar-refractivity contribution in [2.24, 2.45) is 0 Å². The van der Waals surface area contributed by atoms with Crippen molar-refractivity contribution in [1.82, 2.24) is 0 Å². The monoisotopic (exact) mass is 253 g/mol. The Hall–Kier alpha value is -2.15. The van der Waals surface area contributed by atoms with Crippen molar-refractivity contribution >= 4 is 12.0 Å². The van der Waals surface area contributed by atoms with Crippen LogP contribution in [0.1, 0.15) is 17.3 Å². The minimum Gasteiger partial charge on any atom is -0.448 e. The number of fused-ring (bicyclic) bond motifs is 1. The van der Waals surface area contributed by atoms with E-state index >= 15 is 0 Å². The molecule has 0 aliphatic carbocycles. The SMILES string of the molecule is COC(C)C1Oc2cc(C=O)c([N+](=O)[O-])cc2O1. The third kappa shape index (κ3) is 2.00. The number of methoxy groups -OCH3 is 1. The van der Waals surface area contributed by atoms with Crippen LogP contribution in [0.15, 0.2) is 12.1 Å². The summed E-state index contributed by atoms with van der Waals surface area (Å²) in [6.07, 6.45) is -0.600. The fourth-order valence-corrected chi connectivity index (χ4v) is 1.58. The Morgan fingerprint density at radius 3 is 2.56 bits per heavy atom. The molecule has 2 rings (SSSR count). The molecule has 7 heteroatoms. The number of nitro benzene ring substituents is 1. The van der Waals surface area contributed by atoms with Crippen molar-refractivity contribution in [2.75, 3.05) is 7.11 Å². The van der Waals surface area contributed by atoms with Gasteiger partial charge in [-0.2, -0.15) is 0 Å². The number of hydrogen-bond donors (Lipinski definition) is 0. The van der Waals surface area contributed by atoms with Gasteiger partial charge in [-0.1, -0.05) is 0 Å². The first kappa shape index (κ1) is 12.3.